The fourth-order valence-electron chi connectivity index (χ4n) is 2.95. The van der Waals surface area contributed by atoms with Crippen LogP contribution in [-0.2, 0) is 19.6 Å². The monoisotopic (exact) mass is 493 g/mol. The SMILES string of the molecule is CCOCCCNC(=O)c1cccc(NC(=O)CCNS(=O)(=O)c2ccc(OC)c(OC)c2)c1. The van der Waals surface area contributed by atoms with Crippen LogP contribution in [0.3, 0.4) is 0 Å². The predicted octanol–water partition coefficient (Wildman–Crippen LogP) is 2.17. The largest absolute Gasteiger partial charge is 0.493 e. The molecule has 0 heterocycles. The number of hydrogen-bond acceptors (Lipinski definition) is 7. The standard InChI is InChI=1S/C23H31N3O7S/c1-4-33-14-6-12-24-23(28)17-7-5-8-18(15-17)26-22(27)11-13-25-34(29,30)19-9-10-20(31-2)21(16-19)32-3/h5,7-10,15-16,25H,4,6,11-14H2,1-3H3,(H,24,28)(H,26,27). The van der Waals surface area contributed by atoms with Crippen molar-refractivity contribution >= 4 is 27.5 Å². The lowest BCUT2D eigenvalue weighted by molar-refractivity contribution is -0.116. The van der Waals surface area contributed by atoms with Gasteiger partial charge in [-0.1, -0.05) is 6.07 Å². The van der Waals surface area contributed by atoms with Crippen molar-refractivity contribution in [1.82, 2.24) is 10.0 Å². The van der Waals surface area contributed by atoms with Crippen molar-refractivity contribution in [1.29, 1.82) is 0 Å². The quantitative estimate of drug-likeness (QED) is 0.344. The molecule has 0 aliphatic carbocycles. The van der Waals surface area contributed by atoms with Crippen LogP contribution in [-0.4, -0.2) is 60.8 Å². The maximum atomic E-state index is 12.5. The van der Waals surface area contributed by atoms with Crippen molar-refractivity contribution in [2.24, 2.45) is 0 Å². The first-order valence-corrected chi connectivity index (χ1v) is 12.3. The zero-order valence-electron chi connectivity index (χ0n) is 19.6. The Kier molecular flexibility index (Phi) is 10.8. The first-order chi connectivity index (χ1) is 16.3. The Morgan fingerprint density at radius 3 is 2.44 bits per heavy atom. The highest BCUT2D eigenvalue weighted by Crippen LogP contribution is 2.29. The van der Waals surface area contributed by atoms with Crippen LogP contribution >= 0.6 is 0 Å². The molecule has 10 nitrogen and oxygen atoms in total. The van der Waals surface area contributed by atoms with E-state index in [9.17, 15) is 18.0 Å². The molecular formula is C23H31N3O7S. The summed E-state index contributed by atoms with van der Waals surface area (Å²) in [6.45, 7) is 3.49. The summed E-state index contributed by atoms with van der Waals surface area (Å²) >= 11 is 0. The molecule has 0 radical (unpaired) electrons. The van der Waals surface area contributed by atoms with Gasteiger partial charge >= 0.3 is 0 Å². The number of carbonyl (C=O) groups is 2. The predicted molar refractivity (Wildman–Crippen MR) is 128 cm³/mol. The second-order valence-electron chi connectivity index (χ2n) is 7.10. The van der Waals surface area contributed by atoms with E-state index in [1.54, 1.807) is 24.3 Å². The first kappa shape index (κ1) is 27.1. The van der Waals surface area contributed by atoms with Crippen LogP contribution in [0.4, 0.5) is 5.69 Å². The Morgan fingerprint density at radius 1 is 0.971 bits per heavy atom. The molecule has 0 atom stereocenters. The number of sulfonamides is 1. The van der Waals surface area contributed by atoms with E-state index in [-0.39, 0.29) is 29.5 Å². The topological polar surface area (TPSA) is 132 Å². The van der Waals surface area contributed by atoms with Crippen molar-refractivity contribution in [3.05, 3.63) is 48.0 Å². The maximum absolute atomic E-state index is 12.5. The van der Waals surface area contributed by atoms with E-state index in [1.165, 1.54) is 32.4 Å². The third-order valence-electron chi connectivity index (χ3n) is 4.67. The average Bonchev–Trinajstić information content (AvgIpc) is 2.83. The molecule has 0 unspecified atom stereocenters. The molecule has 0 saturated heterocycles. The first-order valence-electron chi connectivity index (χ1n) is 10.8. The number of methoxy groups -OCH3 is 2. The summed E-state index contributed by atoms with van der Waals surface area (Å²) in [6.07, 6.45) is 0.607. The number of anilines is 1. The number of hydrogen-bond donors (Lipinski definition) is 3. The van der Waals surface area contributed by atoms with Gasteiger partial charge in [0, 0.05) is 50.0 Å². The molecule has 0 aliphatic rings. The fraction of sp³-hybridized carbons (Fsp3) is 0.391. The second-order valence-corrected chi connectivity index (χ2v) is 8.87. The Morgan fingerprint density at radius 2 is 1.74 bits per heavy atom. The van der Waals surface area contributed by atoms with E-state index in [1.807, 2.05) is 6.92 Å². The molecule has 2 aromatic rings. The Hall–Kier alpha value is -3.15. The number of rotatable bonds is 14. The molecule has 3 N–H and O–H groups in total. The van der Waals surface area contributed by atoms with Crippen LogP contribution in [0.15, 0.2) is 47.4 Å². The van der Waals surface area contributed by atoms with Crippen LogP contribution in [0.1, 0.15) is 30.1 Å². The molecule has 0 aliphatic heterocycles. The average molecular weight is 494 g/mol. The van der Waals surface area contributed by atoms with Crippen molar-refractivity contribution in [2.75, 3.05) is 45.8 Å². The molecule has 0 spiro atoms. The number of nitrogens with one attached hydrogen (secondary N) is 3. The molecule has 2 rings (SSSR count). The van der Waals surface area contributed by atoms with Gasteiger partial charge in [0.25, 0.3) is 5.91 Å². The summed E-state index contributed by atoms with van der Waals surface area (Å²) in [5, 5.41) is 5.47. The lowest BCUT2D eigenvalue weighted by atomic mass is 10.2. The van der Waals surface area contributed by atoms with Gasteiger partial charge in [0.05, 0.1) is 19.1 Å². The van der Waals surface area contributed by atoms with Gasteiger partial charge in [-0.15, -0.1) is 0 Å². The molecule has 0 saturated carbocycles. The summed E-state index contributed by atoms with van der Waals surface area (Å²) in [5.41, 5.74) is 0.845. The highest BCUT2D eigenvalue weighted by atomic mass is 32.2. The van der Waals surface area contributed by atoms with Gasteiger partial charge in [-0.25, -0.2) is 13.1 Å². The normalized spacial score (nSPS) is 11.0. The van der Waals surface area contributed by atoms with Gasteiger partial charge in [-0.3, -0.25) is 9.59 Å². The molecule has 186 valence electrons. The molecule has 11 heteroatoms. The van der Waals surface area contributed by atoms with E-state index in [2.05, 4.69) is 15.4 Å². The summed E-state index contributed by atoms with van der Waals surface area (Å²) < 4.78 is 42.9. The second kappa shape index (κ2) is 13.5. The van der Waals surface area contributed by atoms with E-state index in [0.717, 1.165) is 0 Å². The van der Waals surface area contributed by atoms with Gasteiger partial charge in [-0.2, -0.15) is 0 Å². The van der Waals surface area contributed by atoms with Crippen molar-refractivity contribution in [3.63, 3.8) is 0 Å². The lowest BCUT2D eigenvalue weighted by Crippen LogP contribution is -2.28. The maximum Gasteiger partial charge on any atom is 0.251 e. The summed E-state index contributed by atoms with van der Waals surface area (Å²) in [6, 6.07) is 10.7. The van der Waals surface area contributed by atoms with Crippen LogP contribution < -0.4 is 24.8 Å². The molecule has 0 aromatic heterocycles. The van der Waals surface area contributed by atoms with Crippen LogP contribution in [0.5, 0.6) is 11.5 Å². The van der Waals surface area contributed by atoms with Gasteiger partial charge in [0.15, 0.2) is 11.5 Å². The summed E-state index contributed by atoms with van der Waals surface area (Å²) in [5.74, 6) is 0.0307. The number of ether oxygens (including phenoxy) is 3. The molecule has 0 fully saturated rings. The van der Waals surface area contributed by atoms with Crippen LogP contribution in [0.2, 0.25) is 0 Å². The van der Waals surface area contributed by atoms with E-state index in [4.69, 9.17) is 14.2 Å². The van der Waals surface area contributed by atoms with E-state index in [0.29, 0.717) is 43.2 Å². The van der Waals surface area contributed by atoms with Gasteiger partial charge in [0.1, 0.15) is 0 Å². The van der Waals surface area contributed by atoms with Gasteiger partial charge in [0.2, 0.25) is 15.9 Å². The zero-order chi connectivity index (χ0) is 25.0. The third kappa shape index (κ3) is 8.32. The Bertz CT molecular complexity index is 1070. The van der Waals surface area contributed by atoms with Crippen LogP contribution in [0.25, 0.3) is 0 Å². The van der Waals surface area contributed by atoms with Crippen molar-refractivity contribution in [3.8, 4) is 11.5 Å². The summed E-state index contributed by atoms with van der Waals surface area (Å²) in [7, 11) is -0.983. The van der Waals surface area contributed by atoms with E-state index < -0.39 is 15.9 Å². The minimum atomic E-state index is -3.85. The number of benzene rings is 2. The fourth-order valence-corrected chi connectivity index (χ4v) is 4.00. The van der Waals surface area contributed by atoms with Crippen molar-refractivity contribution in [2.45, 2.75) is 24.7 Å². The lowest BCUT2D eigenvalue weighted by Gasteiger charge is -2.11. The van der Waals surface area contributed by atoms with E-state index >= 15 is 0 Å². The van der Waals surface area contributed by atoms with Gasteiger partial charge < -0.3 is 24.8 Å². The number of amides is 2. The van der Waals surface area contributed by atoms with Gasteiger partial charge in [-0.05, 0) is 43.7 Å². The molecule has 0 bridgehead atoms. The highest BCUT2D eigenvalue weighted by molar-refractivity contribution is 7.89. The third-order valence-corrected chi connectivity index (χ3v) is 6.13. The molecule has 2 aromatic carbocycles. The van der Waals surface area contributed by atoms with Crippen molar-refractivity contribution < 1.29 is 32.2 Å². The Balaban J connectivity index is 1.86. The molecular weight excluding hydrogens is 462 g/mol. The molecule has 2 amide bonds. The minimum Gasteiger partial charge on any atom is -0.493 e. The Labute approximate surface area is 200 Å². The van der Waals surface area contributed by atoms with Crippen LogP contribution in [0, 0.1) is 0 Å². The zero-order valence-corrected chi connectivity index (χ0v) is 20.4. The molecule has 34 heavy (non-hydrogen) atoms. The highest BCUT2D eigenvalue weighted by Gasteiger charge is 2.17. The minimum absolute atomic E-state index is 0.00877. The summed E-state index contributed by atoms with van der Waals surface area (Å²) in [4.78, 5) is 24.5. The number of carbonyl (C=O) groups excluding carboxylic acids is 2. The smallest absolute Gasteiger partial charge is 0.251 e.